The molecule has 0 aliphatic rings. The molecule has 0 aliphatic carbocycles. The molecule has 0 aromatic heterocycles. The zero-order chi connectivity index (χ0) is 14.9. The monoisotopic (exact) mass is 297 g/mol. The van der Waals surface area contributed by atoms with Crippen molar-refractivity contribution < 1.29 is 22.7 Å². The Hall–Kier alpha value is -0.900. The lowest BCUT2D eigenvalue weighted by atomic mass is 10.4. The van der Waals surface area contributed by atoms with E-state index in [0.717, 1.165) is 4.31 Å². The molecule has 8 nitrogen and oxygen atoms in total. The molecule has 0 radical (unpaired) electrons. The molecule has 9 heteroatoms. The number of nitrogens with two attached hydrogens (primary N) is 1. The Morgan fingerprint density at radius 3 is 2.47 bits per heavy atom. The van der Waals surface area contributed by atoms with Crippen LogP contribution in [0.4, 0.5) is 4.79 Å². The molecule has 0 aliphatic heterocycles. The summed E-state index contributed by atoms with van der Waals surface area (Å²) in [6, 6.07) is 0. The van der Waals surface area contributed by atoms with Gasteiger partial charge < -0.3 is 15.2 Å². The van der Waals surface area contributed by atoms with Crippen molar-refractivity contribution in [2.45, 2.75) is 26.4 Å². The fourth-order valence-electron chi connectivity index (χ4n) is 1.22. The summed E-state index contributed by atoms with van der Waals surface area (Å²) < 4.78 is 36.4. The van der Waals surface area contributed by atoms with Crippen molar-refractivity contribution in [3.8, 4) is 0 Å². The van der Waals surface area contributed by atoms with Crippen LogP contribution in [-0.4, -0.2) is 58.3 Å². The minimum atomic E-state index is -3.94. The number of amides is 1. The van der Waals surface area contributed by atoms with Gasteiger partial charge in [0.1, 0.15) is 0 Å². The third-order valence-electron chi connectivity index (χ3n) is 2.05. The lowest BCUT2D eigenvalue weighted by Crippen LogP contribution is -2.46. The molecule has 0 fully saturated rings. The predicted molar refractivity (Wildman–Crippen MR) is 70.8 cm³/mol. The highest BCUT2D eigenvalue weighted by atomic mass is 32.2. The smallest absolute Gasteiger partial charge is 0.422 e. The van der Waals surface area contributed by atoms with Crippen molar-refractivity contribution in [2.75, 3.05) is 33.4 Å². The van der Waals surface area contributed by atoms with Gasteiger partial charge in [0.05, 0.1) is 12.7 Å². The van der Waals surface area contributed by atoms with Gasteiger partial charge in [-0.15, -0.1) is 0 Å². The standard InChI is InChI=1S/C10H23N3O5S/c1-9(2)18-10(14)12-19(15,16)13(6-4-5-11)7-8-17-3/h9H,4-8,11H2,1-3H3,(H,12,14). The van der Waals surface area contributed by atoms with Gasteiger partial charge in [-0.05, 0) is 26.8 Å². The van der Waals surface area contributed by atoms with Crippen LogP contribution >= 0.6 is 0 Å². The van der Waals surface area contributed by atoms with E-state index in [0.29, 0.717) is 13.0 Å². The number of hydrogen-bond donors (Lipinski definition) is 2. The van der Waals surface area contributed by atoms with E-state index in [2.05, 4.69) is 0 Å². The molecule has 0 aromatic carbocycles. The molecule has 0 atom stereocenters. The number of carbonyl (C=O) groups is 1. The van der Waals surface area contributed by atoms with Crippen LogP contribution < -0.4 is 10.5 Å². The number of ether oxygens (including phenoxy) is 2. The number of nitrogens with zero attached hydrogens (tertiary/aromatic N) is 1. The summed E-state index contributed by atoms with van der Waals surface area (Å²) >= 11 is 0. The van der Waals surface area contributed by atoms with Gasteiger partial charge in [-0.2, -0.15) is 12.7 Å². The van der Waals surface area contributed by atoms with Gasteiger partial charge >= 0.3 is 16.3 Å². The minimum Gasteiger partial charge on any atom is -0.446 e. The minimum absolute atomic E-state index is 0.140. The maximum Gasteiger partial charge on any atom is 0.422 e. The quantitative estimate of drug-likeness (QED) is 0.602. The summed E-state index contributed by atoms with van der Waals surface area (Å²) in [6.45, 7) is 4.19. The number of nitrogens with one attached hydrogen (secondary N) is 1. The van der Waals surface area contributed by atoms with Crippen molar-refractivity contribution in [1.82, 2.24) is 9.03 Å². The highest BCUT2D eigenvalue weighted by molar-refractivity contribution is 7.87. The van der Waals surface area contributed by atoms with Gasteiger partial charge in [0.2, 0.25) is 0 Å². The summed E-state index contributed by atoms with van der Waals surface area (Å²) in [6.07, 6.45) is -0.902. The largest absolute Gasteiger partial charge is 0.446 e. The van der Waals surface area contributed by atoms with E-state index >= 15 is 0 Å². The van der Waals surface area contributed by atoms with E-state index in [9.17, 15) is 13.2 Å². The fourth-order valence-corrected chi connectivity index (χ4v) is 2.29. The van der Waals surface area contributed by atoms with Crippen LogP contribution in [0.3, 0.4) is 0 Å². The van der Waals surface area contributed by atoms with Crippen LogP contribution in [0.15, 0.2) is 0 Å². The second kappa shape index (κ2) is 9.08. The lowest BCUT2D eigenvalue weighted by Gasteiger charge is -2.21. The van der Waals surface area contributed by atoms with Crippen LogP contribution in [0, 0.1) is 0 Å². The molecular weight excluding hydrogens is 274 g/mol. The Bertz CT molecular complexity index is 350. The molecule has 3 N–H and O–H groups in total. The van der Waals surface area contributed by atoms with Crippen LogP contribution in [0.1, 0.15) is 20.3 Å². The van der Waals surface area contributed by atoms with E-state index in [1.165, 1.54) is 7.11 Å². The van der Waals surface area contributed by atoms with Crippen molar-refractivity contribution >= 4 is 16.3 Å². The summed E-state index contributed by atoms with van der Waals surface area (Å²) in [5.41, 5.74) is 5.35. The molecule has 1 amide bonds. The number of carbonyl (C=O) groups excluding carboxylic acids is 1. The first-order valence-corrected chi connectivity index (χ1v) is 7.45. The SMILES string of the molecule is COCCN(CCCN)S(=O)(=O)NC(=O)OC(C)C. The molecule has 0 heterocycles. The summed E-state index contributed by atoms with van der Waals surface area (Å²) in [4.78, 5) is 11.3. The van der Waals surface area contributed by atoms with Crippen LogP contribution in [0.5, 0.6) is 0 Å². The average Bonchev–Trinajstić information content (AvgIpc) is 2.26. The Labute approximate surface area is 114 Å². The summed E-state index contributed by atoms with van der Waals surface area (Å²) in [5.74, 6) is 0. The van der Waals surface area contributed by atoms with Crippen LogP contribution in [0.25, 0.3) is 0 Å². The first kappa shape index (κ1) is 18.1. The Morgan fingerprint density at radius 1 is 1.37 bits per heavy atom. The molecule has 0 unspecified atom stereocenters. The number of hydrogen-bond acceptors (Lipinski definition) is 6. The third kappa shape index (κ3) is 7.98. The Morgan fingerprint density at radius 2 is 2.00 bits per heavy atom. The van der Waals surface area contributed by atoms with Crippen molar-refractivity contribution in [3.05, 3.63) is 0 Å². The molecule has 0 saturated heterocycles. The molecule has 0 spiro atoms. The highest BCUT2D eigenvalue weighted by Gasteiger charge is 2.24. The maximum absolute atomic E-state index is 12.0. The number of methoxy groups -OCH3 is 1. The van der Waals surface area contributed by atoms with Gasteiger partial charge in [0.25, 0.3) is 0 Å². The van der Waals surface area contributed by atoms with Crippen LogP contribution in [-0.2, 0) is 19.7 Å². The molecule has 0 saturated carbocycles. The molecule has 19 heavy (non-hydrogen) atoms. The normalized spacial score (nSPS) is 11.9. The van der Waals surface area contributed by atoms with E-state index < -0.39 is 22.4 Å². The molecule has 0 rings (SSSR count). The van der Waals surface area contributed by atoms with E-state index in [1.807, 2.05) is 4.72 Å². The average molecular weight is 297 g/mol. The van der Waals surface area contributed by atoms with E-state index in [4.69, 9.17) is 15.2 Å². The zero-order valence-electron chi connectivity index (χ0n) is 11.6. The van der Waals surface area contributed by atoms with Gasteiger partial charge in [-0.3, -0.25) is 0 Å². The first-order chi connectivity index (χ1) is 8.83. The van der Waals surface area contributed by atoms with Gasteiger partial charge in [0.15, 0.2) is 0 Å². The molecule has 0 bridgehead atoms. The Kier molecular flexibility index (Phi) is 8.65. The molecular formula is C10H23N3O5S. The predicted octanol–water partition coefficient (Wildman–Crippen LogP) is -0.337. The van der Waals surface area contributed by atoms with Gasteiger partial charge in [0, 0.05) is 20.2 Å². The van der Waals surface area contributed by atoms with Crippen LogP contribution in [0.2, 0.25) is 0 Å². The highest BCUT2D eigenvalue weighted by Crippen LogP contribution is 2.01. The fraction of sp³-hybridized carbons (Fsp3) is 0.900. The van der Waals surface area contributed by atoms with E-state index in [-0.39, 0.29) is 19.7 Å². The number of rotatable bonds is 9. The molecule has 114 valence electrons. The topological polar surface area (TPSA) is 111 Å². The van der Waals surface area contributed by atoms with Gasteiger partial charge in [-0.25, -0.2) is 9.52 Å². The van der Waals surface area contributed by atoms with Crippen molar-refractivity contribution in [2.24, 2.45) is 5.73 Å². The third-order valence-corrected chi connectivity index (χ3v) is 3.52. The Balaban J connectivity index is 4.62. The second-order valence-corrected chi connectivity index (χ2v) is 5.77. The van der Waals surface area contributed by atoms with Gasteiger partial charge in [-0.1, -0.05) is 0 Å². The maximum atomic E-state index is 12.0. The summed E-state index contributed by atoms with van der Waals surface area (Å²) in [7, 11) is -2.47. The molecule has 0 aromatic rings. The lowest BCUT2D eigenvalue weighted by molar-refractivity contribution is 0.120. The van der Waals surface area contributed by atoms with Crippen molar-refractivity contribution in [1.29, 1.82) is 0 Å². The second-order valence-electron chi connectivity index (χ2n) is 4.10. The zero-order valence-corrected chi connectivity index (χ0v) is 12.4. The van der Waals surface area contributed by atoms with Crippen molar-refractivity contribution in [3.63, 3.8) is 0 Å². The first-order valence-electron chi connectivity index (χ1n) is 6.01. The van der Waals surface area contributed by atoms with E-state index in [1.54, 1.807) is 13.8 Å². The summed E-state index contributed by atoms with van der Waals surface area (Å²) in [5, 5.41) is 0.